The maximum absolute atomic E-state index is 12.9. The van der Waals surface area contributed by atoms with Crippen molar-refractivity contribution < 1.29 is 47.9 Å². The number of carbonyl (C=O) groups excluding carboxylic acids is 7. The number of nitrogens with one attached hydrogen (secondary N) is 6. The van der Waals surface area contributed by atoms with E-state index in [4.69, 9.17) is 5.73 Å². The largest absolute Gasteiger partial charge is 0.434 e. The van der Waals surface area contributed by atoms with Gasteiger partial charge in [-0.3, -0.25) is 28.8 Å². The van der Waals surface area contributed by atoms with Gasteiger partial charge < -0.3 is 52.2 Å². The van der Waals surface area contributed by atoms with Crippen molar-refractivity contribution >= 4 is 49.5 Å². The molecular formula is C21H34N9O10P. The van der Waals surface area contributed by atoms with Crippen LogP contribution in [0.15, 0.2) is 12.5 Å². The van der Waals surface area contributed by atoms with Crippen molar-refractivity contribution in [1.29, 1.82) is 0 Å². The van der Waals surface area contributed by atoms with Crippen LogP contribution in [0.3, 0.4) is 0 Å². The molecule has 19 nitrogen and oxygen atoms in total. The van der Waals surface area contributed by atoms with Gasteiger partial charge >= 0.3 is 7.75 Å². The van der Waals surface area contributed by atoms with Crippen LogP contribution in [-0.2, 0) is 44.5 Å². The Bertz CT molecular complexity index is 1180. The van der Waals surface area contributed by atoms with Crippen molar-refractivity contribution in [2.24, 2.45) is 5.73 Å². The number of aldehydes is 1. The lowest BCUT2D eigenvalue weighted by atomic mass is 10.1. The Labute approximate surface area is 234 Å². The van der Waals surface area contributed by atoms with Crippen molar-refractivity contribution in [1.82, 2.24) is 41.2 Å². The van der Waals surface area contributed by atoms with E-state index >= 15 is 0 Å². The van der Waals surface area contributed by atoms with Crippen molar-refractivity contribution in [2.45, 2.75) is 51.4 Å². The standard InChI is InChI=1S/C21H34N9O10P/c1-11(22)18(34)24-8-17(33)29-15(6-14-9-30(10-26-14)41(38,39)40)21(37)28-13(3)20(36)25-7-16(32)27-12(2)19(35)23-4-5-31/h5,9-13,15H,4,6-8,22H2,1-3H3,(H,23,35)(H,24,34)(H,25,36)(H,27,32)(H,28,37)(H,29,33)(H2,38,39,40)/t11-,12-,13-,15-/m0/s1. The van der Waals surface area contributed by atoms with Gasteiger partial charge in [-0.1, -0.05) is 0 Å². The molecule has 0 spiro atoms. The first kappa shape index (κ1) is 34.8. The first-order chi connectivity index (χ1) is 19.0. The van der Waals surface area contributed by atoms with E-state index in [-0.39, 0.29) is 18.7 Å². The zero-order chi connectivity index (χ0) is 31.3. The van der Waals surface area contributed by atoms with Crippen LogP contribution in [0.4, 0.5) is 0 Å². The molecule has 41 heavy (non-hydrogen) atoms. The molecule has 1 aromatic heterocycles. The third kappa shape index (κ3) is 12.7. The van der Waals surface area contributed by atoms with Gasteiger partial charge in [0.15, 0.2) is 0 Å². The van der Waals surface area contributed by atoms with Crippen LogP contribution < -0.4 is 37.6 Å². The topological polar surface area (TPSA) is 293 Å². The fraction of sp³-hybridized carbons (Fsp3) is 0.524. The Balaban J connectivity index is 2.82. The summed E-state index contributed by atoms with van der Waals surface area (Å²) >= 11 is 0. The third-order valence-electron chi connectivity index (χ3n) is 5.13. The number of imidazole rings is 1. The van der Waals surface area contributed by atoms with Crippen LogP contribution in [0.2, 0.25) is 0 Å². The molecule has 0 saturated heterocycles. The molecule has 0 saturated carbocycles. The molecule has 20 heteroatoms. The lowest BCUT2D eigenvalue weighted by Crippen LogP contribution is -2.55. The second-order valence-electron chi connectivity index (χ2n) is 8.74. The highest BCUT2D eigenvalue weighted by molar-refractivity contribution is 7.50. The summed E-state index contributed by atoms with van der Waals surface area (Å²) in [6, 6.07) is -4.52. The summed E-state index contributed by atoms with van der Waals surface area (Å²) in [4.78, 5) is 106. The number of rotatable bonds is 16. The highest BCUT2D eigenvalue weighted by atomic mass is 31.2. The van der Waals surface area contributed by atoms with Gasteiger partial charge in [0.2, 0.25) is 35.4 Å². The van der Waals surface area contributed by atoms with Gasteiger partial charge in [-0.15, -0.1) is 0 Å². The average Bonchev–Trinajstić information content (AvgIpc) is 3.37. The monoisotopic (exact) mass is 603 g/mol. The summed E-state index contributed by atoms with van der Waals surface area (Å²) in [5.41, 5.74) is 5.43. The summed E-state index contributed by atoms with van der Waals surface area (Å²) in [6.07, 6.45) is 1.92. The van der Waals surface area contributed by atoms with Crippen LogP contribution in [0.1, 0.15) is 26.5 Å². The van der Waals surface area contributed by atoms with Gasteiger partial charge in [0, 0.05) is 12.6 Å². The molecule has 6 amide bonds. The number of carbonyl (C=O) groups is 7. The van der Waals surface area contributed by atoms with Crippen LogP contribution in [0.25, 0.3) is 0 Å². The summed E-state index contributed by atoms with van der Waals surface area (Å²) in [6.45, 7) is 2.71. The molecule has 1 heterocycles. The predicted molar refractivity (Wildman–Crippen MR) is 139 cm³/mol. The third-order valence-corrected chi connectivity index (χ3v) is 5.95. The molecule has 0 fully saturated rings. The van der Waals surface area contributed by atoms with Crippen molar-refractivity contribution in [3.8, 4) is 0 Å². The lowest BCUT2D eigenvalue weighted by Gasteiger charge is -2.21. The lowest BCUT2D eigenvalue weighted by molar-refractivity contribution is -0.133. The number of hydrogen-bond acceptors (Lipinski definition) is 10. The zero-order valence-corrected chi connectivity index (χ0v) is 23.3. The van der Waals surface area contributed by atoms with Crippen LogP contribution in [-0.4, -0.2) is 105 Å². The van der Waals surface area contributed by atoms with E-state index in [1.165, 1.54) is 20.8 Å². The van der Waals surface area contributed by atoms with E-state index in [1.54, 1.807) is 0 Å². The van der Waals surface area contributed by atoms with Crippen LogP contribution in [0, 0.1) is 0 Å². The first-order valence-corrected chi connectivity index (χ1v) is 13.6. The van der Waals surface area contributed by atoms with E-state index in [0.29, 0.717) is 10.6 Å². The quantitative estimate of drug-likeness (QED) is 0.0633. The normalized spacial score (nSPS) is 13.9. The molecule has 10 N–H and O–H groups in total. The molecule has 228 valence electrons. The molecule has 1 aromatic rings. The maximum Gasteiger partial charge on any atom is 0.434 e. The van der Waals surface area contributed by atoms with E-state index in [1.807, 2.05) is 0 Å². The molecule has 0 aliphatic rings. The molecule has 1 rings (SSSR count). The summed E-state index contributed by atoms with van der Waals surface area (Å²) in [5, 5.41) is 13.8. The van der Waals surface area contributed by atoms with E-state index in [9.17, 15) is 47.9 Å². The molecule has 0 bridgehead atoms. The Morgan fingerprint density at radius 2 is 1.44 bits per heavy atom. The van der Waals surface area contributed by atoms with E-state index < -0.39 is 80.4 Å². The maximum atomic E-state index is 12.9. The van der Waals surface area contributed by atoms with Crippen molar-refractivity contribution in [3.05, 3.63) is 18.2 Å². The second kappa shape index (κ2) is 16.2. The molecule has 0 radical (unpaired) electrons. The minimum atomic E-state index is -4.71. The number of aromatic nitrogens is 2. The Hall–Kier alpha value is -4.19. The van der Waals surface area contributed by atoms with Gasteiger partial charge in [0.25, 0.3) is 0 Å². The fourth-order valence-corrected chi connectivity index (χ4v) is 3.42. The number of hydrogen-bond donors (Lipinski definition) is 9. The minimum absolute atomic E-state index is 0.00784. The Kier molecular flexibility index (Phi) is 13.7. The summed E-state index contributed by atoms with van der Waals surface area (Å²) in [5.74, 6) is -4.49. The highest BCUT2D eigenvalue weighted by Crippen LogP contribution is 2.36. The molecule has 0 unspecified atom stereocenters. The molecular weight excluding hydrogens is 569 g/mol. The summed E-state index contributed by atoms with van der Waals surface area (Å²) < 4.78 is 11.9. The Morgan fingerprint density at radius 3 is 1.98 bits per heavy atom. The number of nitrogens with two attached hydrogens (primary N) is 1. The van der Waals surface area contributed by atoms with Crippen LogP contribution >= 0.6 is 7.75 Å². The van der Waals surface area contributed by atoms with E-state index in [0.717, 1.165) is 12.5 Å². The zero-order valence-electron chi connectivity index (χ0n) is 22.4. The molecule has 0 aromatic carbocycles. The molecule has 0 aliphatic heterocycles. The highest BCUT2D eigenvalue weighted by Gasteiger charge is 2.27. The van der Waals surface area contributed by atoms with Gasteiger partial charge in [-0.05, 0) is 20.8 Å². The minimum Gasteiger partial charge on any atom is -0.348 e. The fourth-order valence-electron chi connectivity index (χ4n) is 2.95. The number of nitrogens with zero attached hydrogens (tertiary/aromatic N) is 2. The van der Waals surface area contributed by atoms with Gasteiger partial charge in [0.1, 0.15) is 30.7 Å². The molecule has 4 atom stereocenters. The van der Waals surface area contributed by atoms with Gasteiger partial charge in [-0.25, -0.2) is 13.9 Å². The summed E-state index contributed by atoms with van der Waals surface area (Å²) in [7, 11) is -4.71. The van der Waals surface area contributed by atoms with Gasteiger partial charge in [-0.2, -0.15) is 0 Å². The van der Waals surface area contributed by atoms with Crippen molar-refractivity contribution in [3.63, 3.8) is 0 Å². The second-order valence-corrected chi connectivity index (χ2v) is 10.2. The van der Waals surface area contributed by atoms with Crippen molar-refractivity contribution in [2.75, 3.05) is 19.6 Å². The van der Waals surface area contributed by atoms with Crippen LogP contribution in [0.5, 0.6) is 0 Å². The Morgan fingerprint density at radius 1 is 0.902 bits per heavy atom. The van der Waals surface area contributed by atoms with Gasteiger partial charge in [0.05, 0.1) is 31.4 Å². The SMILES string of the molecule is C[C@H](N)C(=O)NCC(=O)N[C@@H](Cc1cn(P(=O)(O)O)cn1)C(=O)N[C@@H](C)C(=O)NCC(=O)N[C@@H](C)C(=O)NCC=O. The van der Waals surface area contributed by atoms with E-state index in [2.05, 4.69) is 36.9 Å². The smallest absolute Gasteiger partial charge is 0.348 e. The number of amides is 6. The predicted octanol–water partition coefficient (Wildman–Crippen LogP) is -5.24. The first-order valence-electron chi connectivity index (χ1n) is 12.1. The molecule has 0 aliphatic carbocycles. The average molecular weight is 604 g/mol.